The minimum Gasteiger partial charge on any atom is -0.480 e. The van der Waals surface area contributed by atoms with Gasteiger partial charge in [-0.15, -0.1) is 0 Å². The summed E-state index contributed by atoms with van der Waals surface area (Å²) in [5.74, 6) is -1.72. The van der Waals surface area contributed by atoms with Crippen molar-refractivity contribution >= 4 is 46.7 Å². The fourth-order valence-corrected chi connectivity index (χ4v) is 8.46. The van der Waals surface area contributed by atoms with Crippen LogP contribution in [0.2, 0.25) is 5.02 Å². The van der Waals surface area contributed by atoms with Crippen molar-refractivity contribution in [3.05, 3.63) is 76.1 Å². The molecule has 0 spiro atoms. The van der Waals surface area contributed by atoms with Crippen LogP contribution in [0.4, 0.5) is 24.5 Å². The van der Waals surface area contributed by atoms with Gasteiger partial charge in [0.05, 0.1) is 40.4 Å². The van der Waals surface area contributed by atoms with Crippen LogP contribution in [-0.2, 0) is 22.2 Å². The molecule has 61 heavy (non-hydrogen) atoms. The number of likely N-dealkylation sites (tertiary alicyclic amines) is 1. The molecule has 0 aliphatic carbocycles. The highest BCUT2D eigenvalue weighted by Crippen LogP contribution is 2.37. The number of carbonyl (C=O) groups is 4. The van der Waals surface area contributed by atoms with Gasteiger partial charge in [0, 0.05) is 68.2 Å². The molecule has 3 amide bonds. The Morgan fingerprint density at radius 3 is 2.30 bits per heavy atom. The first kappa shape index (κ1) is 43.5. The molecule has 0 saturated carbocycles. The molecule has 4 aromatic rings. The Morgan fingerprint density at radius 1 is 0.951 bits per heavy atom. The van der Waals surface area contributed by atoms with Gasteiger partial charge in [-0.25, -0.2) is 4.98 Å². The van der Waals surface area contributed by atoms with Crippen molar-refractivity contribution in [2.24, 2.45) is 23.5 Å². The van der Waals surface area contributed by atoms with Crippen LogP contribution in [0.25, 0.3) is 11.4 Å². The zero-order valence-electron chi connectivity index (χ0n) is 33.2. The second kappa shape index (κ2) is 19.0. The van der Waals surface area contributed by atoms with Crippen LogP contribution >= 0.6 is 11.6 Å². The van der Waals surface area contributed by atoms with E-state index in [4.69, 9.17) is 17.3 Å². The third kappa shape index (κ3) is 10.3. The van der Waals surface area contributed by atoms with Gasteiger partial charge in [-0.3, -0.25) is 34.2 Å². The van der Waals surface area contributed by atoms with Gasteiger partial charge in [0.25, 0.3) is 11.8 Å². The van der Waals surface area contributed by atoms with Crippen LogP contribution in [0, 0.1) is 17.8 Å². The monoisotopic (exact) mass is 868 g/mol. The molecule has 1 atom stereocenters. The highest BCUT2D eigenvalue weighted by atomic mass is 35.5. The number of piperidine rings is 1. The van der Waals surface area contributed by atoms with Crippen molar-refractivity contribution in [1.29, 1.82) is 0 Å². The number of amides is 3. The predicted octanol–water partition coefficient (Wildman–Crippen LogP) is 3.39. The molecule has 3 aromatic heterocycles. The smallest absolute Gasteiger partial charge is 0.435 e. The number of nitrogens with zero attached hydrogens (tertiary/aromatic N) is 6. The summed E-state index contributed by atoms with van der Waals surface area (Å²) in [6.45, 7) is 5.30. The van der Waals surface area contributed by atoms with Crippen molar-refractivity contribution < 1.29 is 37.5 Å². The molecule has 0 bridgehead atoms. The summed E-state index contributed by atoms with van der Waals surface area (Å²) >= 11 is 6.57. The number of imidazole rings is 1. The van der Waals surface area contributed by atoms with Crippen LogP contribution in [0.1, 0.15) is 57.2 Å². The molecule has 3 aliphatic rings. The highest BCUT2D eigenvalue weighted by Gasteiger charge is 2.42. The second-order valence-corrected chi connectivity index (χ2v) is 16.0. The van der Waals surface area contributed by atoms with Gasteiger partial charge in [0.1, 0.15) is 0 Å². The standard InChI is InChI=1S/C40H48ClF3N12O5/c41-30-17-25(2-4-28(30)38(60)55-12-14-56(15-13-55)39(61)33(24-18-46-19-24)23-6-10-54(11-7-23)22-32(57)58)51-37(59)36-49-21-27(50-36)16-29-34(52-53-35(29)40(42,43)44)31-5-3-26(20-48-31)47-9-1-8-45/h2-5,17,20-21,23-24,33,46-47H,1,6-16,18-19,22,45H2,(H,49,50)(H,51,59)(H,52,53)(H,57,58). The number of aromatic nitrogens is 5. The maximum absolute atomic E-state index is 14.0. The van der Waals surface area contributed by atoms with Crippen LogP contribution in [0.3, 0.4) is 0 Å². The number of piperazine rings is 1. The fraction of sp³-hybridized carbons (Fsp3) is 0.475. The molecule has 8 N–H and O–H groups in total. The number of halogens is 4. The first-order valence-corrected chi connectivity index (χ1v) is 20.6. The van der Waals surface area contributed by atoms with E-state index in [0.717, 1.165) is 32.4 Å². The van der Waals surface area contributed by atoms with Gasteiger partial charge < -0.3 is 41.6 Å². The van der Waals surface area contributed by atoms with Crippen LogP contribution in [0.5, 0.6) is 0 Å². The average Bonchev–Trinajstić information content (AvgIpc) is 3.87. The molecule has 1 unspecified atom stereocenters. The summed E-state index contributed by atoms with van der Waals surface area (Å²) in [5, 5.41) is 24.4. The predicted molar refractivity (Wildman–Crippen MR) is 219 cm³/mol. The van der Waals surface area contributed by atoms with Crippen molar-refractivity contribution in [2.45, 2.75) is 31.9 Å². The molecular formula is C40H48ClF3N12O5. The topological polar surface area (TPSA) is 231 Å². The number of benzene rings is 1. The van der Waals surface area contributed by atoms with Crippen LogP contribution in [-0.4, -0.2) is 141 Å². The van der Waals surface area contributed by atoms with E-state index in [1.54, 1.807) is 17.0 Å². The maximum atomic E-state index is 14.0. The lowest BCUT2D eigenvalue weighted by Gasteiger charge is -2.45. The zero-order valence-corrected chi connectivity index (χ0v) is 34.0. The molecule has 3 aliphatic heterocycles. The number of anilines is 2. The van der Waals surface area contributed by atoms with Crippen molar-refractivity contribution in [2.75, 3.05) is 82.6 Å². The van der Waals surface area contributed by atoms with Crippen LogP contribution in [0.15, 0.2) is 42.7 Å². The molecule has 1 aromatic carbocycles. The third-order valence-electron chi connectivity index (χ3n) is 11.5. The Labute approximate surface area is 354 Å². The zero-order chi connectivity index (χ0) is 43.3. The second-order valence-electron chi connectivity index (χ2n) is 15.6. The number of hydrogen-bond donors (Lipinski definition) is 7. The van der Waals surface area contributed by atoms with Gasteiger partial charge in [0.15, 0.2) is 11.5 Å². The molecule has 3 saturated heterocycles. The number of carboxylic acids is 1. The summed E-state index contributed by atoms with van der Waals surface area (Å²) in [6, 6.07) is 7.70. The molecule has 21 heteroatoms. The van der Waals surface area contributed by atoms with Crippen molar-refractivity contribution in [3.63, 3.8) is 0 Å². The van der Waals surface area contributed by atoms with E-state index in [9.17, 15) is 37.5 Å². The Balaban J connectivity index is 0.945. The van der Waals surface area contributed by atoms with E-state index < -0.39 is 23.7 Å². The summed E-state index contributed by atoms with van der Waals surface area (Å²) in [4.78, 5) is 68.5. The van der Waals surface area contributed by atoms with Gasteiger partial charge in [-0.05, 0) is 94.2 Å². The van der Waals surface area contributed by atoms with Gasteiger partial charge in [-0.2, -0.15) is 18.3 Å². The Hall–Kier alpha value is -5.57. The Morgan fingerprint density at radius 2 is 1.67 bits per heavy atom. The Kier molecular flexibility index (Phi) is 13.6. The number of carbonyl (C=O) groups excluding carboxylic acids is 3. The van der Waals surface area contributed by atoms with E-state index in [1.807, 2.05) is 9.80 Å². The first-order chi connectivity index (χ1) is 29.3. The molecule has 3 fully saturated rings. The summed E-state index contributed by atoms with van der Waals surface area (Å²) in [7, 11) is 0. The minimum absolute atomic E-state index is 0.000567. The SMILES string of the molecule is NCCCNc1ccc(-c2[nH]nc(C(F)(F)F)c2Cc2cnc(C(=O)Nc3ccc(C(=O)N4CCN(C(=O)C(C5CCN(CC(=O)O)CC5)C5CNC5)CC4)c(Cl)c3)[nH]2)nc1. The largest absolute Gasteiger partial charge is 0.480 e. The lowest BCUT2D eigenvalue weighted by Crippen LogP contribution is -2.58. The highest BCUT2D eigenvalue weighted by molar-refractivity contribution is 6.34. The third-order valence-corrected chi connectivity index (χ3v) is 11.8. The van der Waals surface area contributed by atoms with E-state index in [1.165, 1.54) is 30.6 Å². The quantitative estimate of drug-likeness (QED) is 0.0854. The van der Waals surface area contributed by atoms with Gasteiger partial charge >= 0.3 is 12.1 Å². The lowest BCUT2D eigenvalue weighted by molar-refractivity contribution is -0.144. The van der Waals surface area contributed by atoms with E-state index in [2.05, 4.69) is 41.1 Å². The number of pyridine rings is 1. The number of hydrogen-bond acceptors (Lipinski definition) is 11. The number of rotatable bonds is 15. The number of nitrogens with two attached hydrogens (primary N) is 1. The van der Waals surface area contributed by atoms with Crippen molar-refractivity contribution in [3.8, 4) is 11.4 Å². The summed E-state index contributed by atoms with van der Waals surface area (Å²) in [5.41, 5.74) is 5.92. The van der Waals surface area contributed by atoms with Gasteiger partial charge in [-0.1, -0.05) is 11.6 Å². The number of H-pyrrole nitrogens is 2. The van der Waals surface area contributed by atoms with Gasteiger partial charge in [0.2, 0.25) is 5.91 Å². The number of aliphatic carboxylic acids is 1. The summed E-state index contributed by atoms with van der Waals surface area (Å²) < 4.78 is 42.1. The summed E-state index contributed by atoms with van der Waals surface area (Å²) in [6.07, 6.45) is -0.0254. The molecule has 6 heterocycles. The number of carboxylic acid groups (broad SMARTS) is 1. The minimum atomic E-state index is -4.77. The lowest BCUT2D eigenvalue weighted by atomic mass is 9.73. The molecule has 17 nitrogen and oxygen atoms in total. The normalized spacial score (nSPS) is 17.2. The number of alkyl halides is 3. The molecule has 0 radical (unpaired) electrons. The van der Waals surface area contributed by atoms with E-state index >= 15 is 0 Å². The fourth-order valence-electron chi connectivity index (χ4n) is 8.20. The number of nitrogens with one attached hydrogen (secondary N) is 5. The first-order valence-electron chi connectivity index (χ1n) is 20.2. The molecule has 326 valence electrons. The number of aromatic amines is 2. The Bertz CT molecular complexity index is 2200. The van der Waals surface area contributed by atoms with E-state index in [-0.39, 0.29) is 87.3 Å². The maximum Gasteiger partial charge on any atom is 0.435 e. The molecule has 7 rings (SSSR count). The van der Waals surface area contributed by atoms with E-state index in [0.29, 0.717) is 58.0 Å². The van der Waals surface area contributed by atoms with Crippen molar-refractivity contribution in [1.82, 2.24) is 45.2 Å². The molecular weight excluding hydrogens is 821 g/mol. The average molecular weight is 869 g/mol. The van der Waals surface area contributed by atoms with Crippen LogP contribution < -0.4 is 21.7 Å².